The van der Waals surface area contributed by atoms with Crippen LogP contribution in [0.2, 0.25) is 0 Å². The van der Waals surface area contributed by atoms with E-state index in [1.807, 2.05) is 0 Å². The number of rotatable bonds is 4. The van der Waals surface area contributed by atoms with E-state index >= 15 is 0 Å². The van der Waals surface area contributed by atoms with Gasteiger partial charge in [-0.15, -0.1) is 0 Å². The Kier molecular flexibility index (Phi) is 4.06. The molecule has 0 spiro atoms. The van der Waals surface area contributed by atoms with Crippen molar-refractivity contribution in [3.05, 3.63) is 24.0 Å². The first-order chi connectivity index (χ1) is 7.86. The van der Waals surface area contributed by atoms with Crippen LogP contribution in [0.15, 0.2) is 23.1 Å². The molecule has 5 nitrogen and oxygen atoms in total. The first kappa shape index (κ1) is 13.4. The van der Waals surface area contributed by atoms with E-state index in [0.717, 1.165) is 12.1 Å². The zero-order chi connectivity index (χ0) is 13.1. The monoisotopic (exact) mass is 260 g/mol. The van der Waals surface area contributed by atoms with Crippen molar-refractivity contribution in [3.63, 3.8) is 0 Å². The molecule has 3 N–H and O–H groups in total. The highest BCUT2D eigenvalue weighted by atomic mass is 32.2. The van der Waals surface area contributed by atoms with Gasteiger partial charge >= 0.3 is 0 Å². The molecule has 1 rings (SSSR count). The highest BCUT2D eigenvalue weighted by molar-refractivity contribution is 7.91. The molecule has 0 fully saturated rings. The lowest BCUT2D eigenvalue weighted by molar-refractivity contribution is -0.120. The Bertz CT molecular complexity index is 528. The van der Waals surface area contributed by atoms with E-state index in [-0.39, 0.29) is 17.0 Å². The van der Waals surface area contributed by atoms with Crippen LogP contribution in [-0.4, -0.2) is 27.1 Å². The summed E-state index contributed by atoms with van der Waals surface area (Å²) in [6.07, 6.45) is -0.186. The lowest BCUT2D eigenvalue weighted by atomic mass is 10.3. The number of nitrogens with two attached hydrogens (primary N) is 1. The standard InChI is InChI=1S/C10H13FN2O3S/c1-13-10(14)4-5-17(15,16)9-6-7(11)2-3-8(9)12/h2-3,6H,4-5,12H2,1H3,(H,13,14). The average Bonchev–Trinajstić information content (AvgIpc) is 2.29. The molecule has 0 bridgehead atoms. The molecule has 1 aromatic carbocycles. The Morgan fingerprint density at radius 2 is 2.12 bits per heavy atom. The number of benzene rings is 1. The normalized spacial score (nSPS) is 11.2. The predicted octanol–water partition coefficient (Wildman–Crippen LogP) is 0.318. The van der Waals surface area contributed by atoms with Crippen molar-refractivity contribution < 1.29 is 17.6 Å². The van der Waals surface area contributed by atoms with Gasteiger partial charge in [0.25, 0.3) is 0 Å². The summed E-state index contributed by atoms with van der Waals surface area (Å²) in [7, 11) is -2.34. The summed E-state index contributed by atoms with van der Waals surface area (Å²) < 4.78 is 36.5. The van der Waals surface area contributed by atoms with E-state index in [1.165, 1.54) is 13.1 Å². The molecule has 0 aliphatic rings. The highest BCUT2D eigenvalue weighted by Gasteiger charge is 2.19. The van der Waals surface area contributed by atoms with Crippen molar-refractivity contribution in [2.45, 2.75) is 11.3 Å². The van der Waals surface area contributed by atoms with Crippen LogP contribution in [0, 0.1) is 5.82 Å². The lowest BCUT2D eigenvalue weighted by Gasteiger charge is -2.07. The molecule has 0 unspecified atom stereocenters. The molecule has 0 atom stereocenters. The summed E-state index contributed by atoms with van der Waals surface area (Å²) in [4.78, 5) is 10.7. The largest absolute Gasteiger partial charge is 0.398 e. The van der Waals surface area contributed by atoms with Crippen LogP contribution in [0.1, 0.15) is 6.42 Å². The van der Waals surface area contributed by atoms with Crippen molar-refractivity contribution in [3.8, 4) is 0 Å². The number of hydrogen-bond donors (Lipinski definition) is 2. The summed E-state index contributed by atoms with van der Waals surface area (Å²) in [5, 5.41) is 2.31. The number of nitrogen functional groups attached to an aromatic ring is 1. The SMILES string of the molecule is CNC(=O)CCS(=O)(=O)c1cc(F)ccc1N. The minimum absolute atomic E-state index is 0.0247. The fourth-order valence-corrected chi connectivity index (χ4v) is 2.63. The average molecular weight is 260 g/mol. The Morgan fingerprint density at radius 3 is 2.71 bits per heavy atom. The molecular formula is C10H13FN2O3S. The Balaban J connectivity index is 2.97. The Morgan fingerprint density at radius 1 is 1.47 bits per heavy atom. The van der Waals surface area contributed by atoms with Crippen LogP contribution in [0.3, 0.4) is 0 Å². The fourth-order valence-electron chi connectivity index (χ4n) is 1.24. The van der Waals surface area contributed by atoms with Gasteiger partial charge in [-0.3, -0.25) is 4.79 Å². The third-order valence-electron chi connectivity index (χ3n) is 2.19. The van der Waals surface area contributed by atoms with E-state index in [0.29, 0.717) is 0 Å². The van der Waals surface area contributed by atoms with Crippen LogP contribution < -0.4 is 11.1 Å². The Labute approximate surface area is 98.7 Å². The second-order valence-electron chi connectivity index (χ2n) is 3.42. The van der Waals surface area contributed by atoms with Gasteiger partial charge < -0.3 is 11.1 Å². The summed E-state index contributed by atoms with van der Waals surface area (Å²) in [6.45, 7) is 0. The molecule has 1 amide bonds. The maximum absolute atomic E-state index is 12.9. The first-order valence-electron chi connectivity index (χ1n) is 4.85. The van der Waals surface area contributed by atoms with E-state index in [9.17, 15) is 17.6 Å². The molecule has 0 heterocycles. The van der Waals surface area contributed by atoms with Crippen molar-refractivity contribution >= 4 is 21.4 Å². The van der Waals surface area contributed by atoms with E-state index < -0.39 is 27.3 Å². The first-order valence-corrected chi connectivity index (χ1v) is 6.50. The molecule has 0 saturated heterocycles. The van der Waals surface area contributed by atoms with Crippen molar-refractivity contribution in [1.29, 1.82) is 0 Å². The van der Waals surface area contributed by atoms with Gasteiger partial charge in [-0.05, 0) is 18.2 Å². The van der Waals surface area contributed by atoms with Crippen LogP contribution in [0.25, 0.3) is 0 Å². The fraction of sp³-hybridized carbons (Fsp3) is 0.300. The molecule has 1 aromatic rings. The number of hydrogen-bond acceptors (Lipinski definition) is 4. The predicted molar refractivity (Wildman–Crippen MR) is 61.5 cm³/mol. The molecule has 0 aliphatic heterocycles. The maximum atomic E-state index is 12.9. The maximum Gasteiger partial charge on any atom is 0.220 e. The summed E-state index contributed by atoms with van der Waals surface area (Å²) in [5.41, 5.74) is 5.44. The number of carbonyl (C=O) groups excluding carboxylic acids is 1. The molecule has 94 valence electrons. The zero-order valence-electron chi connectivity index (χ0n) is 9.23. The number of nitrogens with one attached hydrogen (secondary N) is 1. The number of sulfone groups is 1. The molecule has 0 aliphatic carbocycles. The second-order valence-corrected chi connectivity index (χ2v) is 5.50. The molecule has 7 heteroatoms. The van der Waals surface area contributed by atoms with Crippen molar-refractivity contribution in [2.24, 2.45) is 0 Å². The molecule has 0 aromatic heterocycles. The van der Waals surface area contributed by atoms with E-state index in [4.69, 9.17) is 5.73 Å². The zero-order valence-corrected chi connectivity index (χ0v) is 10.1. The van der Waals surface area contributed by atoms with Gasteiger partial charge in [-0.1, -0.05) is 0 Å². The number of halogens is 1. The number of amides is 1. The van der Waals surface area contributed by atoms with Gasteiger partial charge in [-0.2, -0.15) is 0 Å². The van der Waals surface area contributed by atoms with Crippen LogP contribution in [0.4, 0.5) is 10.1 Å². The summed E-state index contributed by atoms with van der Waals surface area (Å²) in [6, 6.07) is 3.11. The topological polar surface area (TPSA) is 89.3 Å². The molecular weight excluding hydrogens is 247 g/mol. The molecule has 0 radical (unpaired) electrons. The van der Waals surface area contributed by atoms with Crippen molar-refractivity contribution in [1.82, 2.24) is 5.32 Å². The summed E-state index contributed by atoms with van der Waals surface area (Å²) >= 11 is 0. The molecule has 17 heavy (non-hydrogen) atoms. The summed E-state index contributed by atoms with van der Waals surface area (Å²) in [5.74, 6) is -1.48. The van der Waals surface area contributed by atoms with Gasteiger partial charge in [-0.25, -0.2) is 12.8 Å². The molecule has 0 saturated carbocycles. The Hall–Kier alpha value is -1.63. The lowest BCUT2D eigenvalue weighted by Crippen LogP contribution is -2.21. The van der Waals surface area contributed by atoms with Gasteiger partial charge in [0.1, 0.15) is 5.82 Å². The minimum Gasteiger partial charge on any atom is -0.398 e. The van der Waals surface area contributed by atoms with E-state index in [1.54, 1.807) is 0 Å². The van der Waals surface area contributed by atoms with Crippen LogP contribution in [0.5, 0.6) is 0 Å². The quantitative estimate of drug-likeness (QED) is 0.763. The van der Waals surface area contributed by atoms with Gasteiger partial charge in [0, 0.05) is 13.5 Å². The van der Waals surface area contributed by atoms with Crippen LogP contribution in [-0.2, 0) is 14.6 Å². The smallest absolute Gasteiger partial charge is 0.220 e. The third kappa shape index (κ3) is 3.42. The minimum atomic E-state index is -3.74. The second kappa shape index (κ2) is 5.13. The van der Waals surface area contributed by atoms with E-state index in [2.05, 4.69) is 5.32 Å². The van der Waals surface area contributed by atoms with Gasteiger partial charge in [0.15, 0.2) is 9.84 Å². The van der Waals surface area contributed by atoms with Gasteiger partial charge in [0.05, 0.1) is 16.3 Å². The number of carbonyl (C=O) groups is 1. The number of anilines is 1. The van der Waals surface area contributed by atoms with Crippen LogP contribution >= 0.6 is 0 Å². The highest BCUT2D eigenvalue weighted by Crippen LogP contribution is 2.21. The van der Waals surface area contributed by atoms with Crippen molar-refractivity contribution in [2.75, 3.05) is 18.5 Å². The third-order valence-corrected chi connectivity index (χ3v) is 3.95. The van der Waals surface area contributed by atoms with Gasteiger partial charge in [0.2, 0.25) is 5.91 Å².